The fraction of sp³-hybridized carbons (Fsp3) is 0.211. The molecule has 2 N–H and O–H groups in total. The van der Waals surface area contributed by atoms with Gasteiger partial charge in [-0.2, -0.15) is 0 Å². The van der Waals surface area contributed by atoms with Crippen LogP contribution in [0.25, 0.3) is 10.9 Å². The van der Waals surface area contributed by atoms with Crippen LogP contribution in [0.2, 0.25) is 0 Å². The lowest BCUT2D eigenvalue weighted by atomic mass is 10.1. The summed E-state index contributed by atoms with van der Waals surface area (Å²) < 4.78 is 7.12. The highest BCUT2D eigenvalue weighted by molar-refractivity contribution is 5.92. The molecule has 0 radical (unpaired) electrons. The number of aliphatic hydroxyl groups is 1. The molecule has 1 aromatic heterocycles. The first-order chi connectivity index (χ1) is 11.7. The third kappa shape index (κ3) is 3.58. The second kappa shape index (κ2) is 7.19. The van der Waals surface area contributed by atoms with Crippen molar-refractivity contribution in [3.63, 3.8) is 0 Å². The van der Waals surface area contributed by atoms with Gasteiger partial charge in [-0.05, 0) is 48.4 Å². The van der Waals surface area contributed by atoms with Crippen LogP contribution in [-0.2, 0) is 17.8 Å². The molecular formula is C19H20N2O3. The number of hydrogen-bond donors (Lipinski definition) is 2. The normalized spacial score (nSPS) is 10.8. The number of aliphatic hydroxyl groups excluding tert-OH is 1. The zero-order chi connectivity index (χ0) is 16.9. The van der Waals surface area contributed by atoms with Crippen molar-refractivity contribution in [1.82, 2.24) is 4.57 Å². The van der Waals surface area contributed by atoms with Crippen LogP contribution in [-0.4, -0.2) is 29.3 Å². The van der Waals surface area contributed by atoms with E-state index in [-0.39, 0.29) is 19.1 Å². The predicted octanol–water partition coefficient (Wildman–Crippen LogP) is 2.82. The first kappa shape index (κ1) is 16.1. The minimum atomic E-state index is -0.0850. The Labute approximate surface area is 140 Å². The number of methoxy groups -OCH3 is 1. The second-order valence-electron chi connectivity index (χ2n) is 5.59. The molecular weight excluding hydrogens is 304 g/mol. The van der Waals surface area contributed by atoms with E-state index in [1.165, 1.54) is 0 Å². The molecule has 0 bridgehead atoms. The average molecular weight is 324 g/mol. The van der Waals surface area contributed by atoms with E-state index in [2.05, 4.69) is 5.32 Å². The number of aromatic nitrogens is 1. The van der Waals surface area contributed by atoms with Crippen molar-refractivity contribution < 1.29 is 14.6 Å². The maximum Gasteiger partial charge on any atom is 0.244 e. The Kier molecular flexibility index (Phi) is 4.82. The lowest BCUT2D eigenvalue weighted by molar-refractivity contribution is -0.116. The number of fused-ring (bicyclic) bond motifs is 1. The van der Waals surface area contributed by atoms with Gasteiger partial charge in [0.2, 0.25) is 5.91 Å². The maximum atomic E-state index is 12.3. The highest BCUT2D eigenvalue weighted by Crippen LogP contribution is 2.22. The summed E-state index contributed by atoms with van der Waals surface area (Å²) in [5.41, 5.74) is 2.78. The molecule has 0 unspecified atom stereocenters. The standard InChI is InChI=1S/C19H20N2O3/c1-24-17-6-7-18-15(12-17)8-10-21(18)13-19(23)20-16-4-2-14(3-5-16)9-11-22/h2-8,10,12,22H,9,11,13H2,1H3,(H,20,23). The highest BCUT2D eigenvalue weighted by atomic mass is 16.5. The van der Waals surface area contributed by atoms with Crippen LogP contribution < -0.4 is 10.1 Å². The minimum absolute atomic E-state index is 0.0850. The molecule has 0 aliphatic heterocycles. The van der Waals surface area contributed by atoms with Gasteiger partial charge in [0.1, 0.15) is 12.3 Å². The number of carbonyl (C=O) groups excluding carboxylic acids is 1. The SMILES string of the molecule is COc1ccc2c(ccn2CC(=O)Nc2ccc(CCO)cc2)c1. The molecule has 5 heteroatoms. The summed E-state index contributed by atoms with van der Waals surface area (Å²) in [6.07, 6.45) is 2.51. The summed E-state index contributed by atoms with van der Waals surface area (Å²) in [6, 6.07) is 15.3. The summed E-state index contributed by atoms with van der Waals surface area (Å²) in [5.74, 6) is 0.714. The van der Waals surface area contributed by atoms with Crippen LogP contribution in [0.15, 0.2) is 54.7 Å². The van der Waals surface area contributed by atoms with Crippen molar-refractivity contribution in [2.45, 2.75) is 13.0 Å². The Morgan fingerprint density at radius 2 is 1.96 bits per heavy atom. The zero-order valence-electron chi connectivity index (χ0n) is 13.5. The first-order valence-electron chi connectivity index (χ1n) is 7.82. The van der Waals surface area contributed by atoms with E-state index < -0.39 is 0 Å². The van der Waals surface area contributed by atoms with Crippen LogP contribution in [0.1, 0.15) is 5.56 Å². The number of anilines is 1. The Hall–Kier alpha value is -2.79. The zero-order valence-corrected chi connectivity index (χ0v) is 13.5. The molecule has 0 saturated carbocycles. The van der Waals surface area contributed by atoms with Gasteiger partial charge in [-0.3, -0.25) is 4.79 Å². The quantitative estimate of drug-likeness (QED) is 0.733. The van der Waals surface area contributed by atoms with E-state index in [0.29, 0.717) is 6.42 Å². The Morgan fingerprint density at radius 1 is 1.17 bits per heavy atom. The third-order valence-corrected chi connectivity index (χ3v) is 3.93. The van der Waals surface area contributed by atoms with Crippen LogP contribution in [0.3, 0.4) is 0 Å². The molecule has 0 fully saturated rings. The van der Waals surface area contributed by atoms with Crippen molar-refractivity contribution in [2.75, 3.05) is 19.0 Å². The van der Waals surface area contributed by atoms with Crippen molar-refractivity contribution in [2.24, 2.45) is 0 Å². The number of amides is 1. The first-order valence-corrected chi connectivity index (χ1v) is 7.82. The molecule has 124 valence electrons. The largest absolute Gasteiger partial charge is 0.497 e. The van der Waals surface area contributed by atoms with Crippen molar-refractivity contribution in [3.8, 4) is 5.75 Å². The molecule has 24 heavy (non-hydrogen) atoms. The van der Waals surface area contributed by atoms with Crippen molar-refractivity contribution >= 4 is 22.5 Å². The number of rotatable bonds is 6. The van der Waals surface area contributed by atoms with E-state index in [9.17, 15) is 4.79 Å². The summed E-state index contributed by atoms with van der Waals surface area (Å²) in [5, 5.41) is 12.8. The molecule has 3 rings (SSSR count). The number of ether oxygens (including phenoxy) is 1. The third-order valence-electron chi connectivity index (χ3n) is 3.93. The fourth-order valence-electron chi connectivity index (χ4n) is 2.68. The van der Waals surface area contributed by atoms with Crippen LogP contribution in [0.4, 0.5) is 5.69 Å². The van der Waals surface area contributed by atoms with E-state index in [1.54, 1.807) is 7.11 Å². The molecule has 3 aromatic rings. The number of nitrogens with one attached hydrogen (secondary N) is 1. The number of benzene rings is 2. The Bertz CT molecular complexity index is 837. The van der Waals surface area contributed by atoms with E-state index in [1.807, 2.05) is 59.3 Å². The van der Waals surface area contributed by atoms with Gasteiger partial charge in [0.05, 0.1) is 7.11 Å². The average Bonchev–Trinajstić information content (AvgIpc) is 2.99. The summed E-state index contributed by atoms with van der Waals surface area (Å²) >= 11 is 0. The Morgan fingerprint density at radius 3 is 2.67 bits per heavy atom. The smallest absolute Gasteiger partial charge is 0.244 e. The highest BCUT2D eigenvalue weighted by Gasteiger charge is 2.07. The summed E-state index contributed by atoms with van der Waals surface area (Å²) in [6.45, 7) is 0.366. The second-order valence-corrected chi connectivity index (χ2v) is 5.59. The number of nitrogens with zero attached hydrogens (tertiary/aromatic N) is 1. The van der Waals surface area contributed by atoms with E-state index in [0.717, 1.165) is 27.9 Å². The molecule has 2 aromatic carbocycles. The number of carbonyl (C=O) groups is 1. The minimum Gasteiger partial charge on any atom is -0.497 e. The van der Waals surface area contributed by atoms with Crippen LogP contribution in [0.5, 0.6) is 5.75 Å². The van der Waals surface area contributed by atoms with Crippen LogP contribution in [0, 0.1) is 0 Å². The molecule has 0 spiro atoms. The van der Waals surface area contributed by atoms with Gasteiger partial charge < -0.3 is 19.7 Å². The van der Waals surface area contributed by atoms with Gasteiger partial charge >= 0.3 is 0 Å². The maximum absolute atomic E-state index is 12.3. The van der Waals surface area contributed by atoms with Crippen molar-refractivity contribution in [3.05, 3.63) is 60.3 Å². The van der Waals surface area contributed by atoms with Crippen LogP contribution >= 0.6 is 0 Å². The van der Waals surface area contributed by atoms with Crippen molar-refractivity contribution in [1.29, 1.82) is 0 Å². The number of hydrogen-bond acceptors (Lipinski definition) is 3. The van der Waals surface area contributed by atoms with E-state index in [4.69, 9.17) is 9.84 Å². The molecule has 0 aliphatic rings. The molecule has 5 nitrogen and oxygen atoms in total. The fourth-order valence-corrected chi connectivity index (χ4v) is 2.68. The van der Waals surface area contributed by atoms with Gasteiger partial charge in [-0.1, -0.05) is 12.1 Å². The molecule has 0 saturated heterocycles. The van der Waals surface area contributed by atoms with Gasteiger partial charge in [0, 0.05) is 29.4 Å². The molecule has 1 amide bonds. The lowest BCUT2D eigenvalue weighted by Gasteiger charge is -2.08. The lowest BCUT2D eigenvalue weighted by Crippen LogP contribution is -2.18. The predicted molar refractivity (Wildman–Crippen MR) is 94.4 cm³/mol. The topological polar surface area (TPSA) is 63.5 Å². The Balaban J connectivity index is 1.68. The molecule has 0 aliphatic carbocycles. The molecule has 1 heterocycles. The summed E-state index contributed by atoms with van der Waals surface area (Å²) in [7, 11) is 1.64. The van der Waals surface area contributed by atoms with Gasteiger partial charge in [-0.25, -0.2) is 0 Å². The monoisotopic (exact) mass is 324 g/mol. The van der Waals surface area contributed by atoms with Gasteiger partial charge in [0.15, 0.2) is 0 Å². The van der Waals surface area contributed by atoms with Gasteiger partial charge in [-0.15, -0.1) is 0 Å². The van der Waals surface area contributed by atoms with Gasteiger partial charge in [0.25, 0.3) is 0 Å². The van der Waals surface area contributed by atoms with E-state index >= 15 is 0 Å². The summed E-state index contributed by atoms with van der Waals surface area (Å²) in [4.78, 5) is 12.3. The molecule has 0 atom stereocenters.